The number of likely N-dealkylation sites (tertiary alicyclic amines) is 1. The molecule has 0 aromatic carbocycles. The van der Waals surface area contributed by atoms with Crippen LogP contribution in [0.5, 0.6) is 0 Å². The van der Waals surface area contributed by atoms with Gasteiger partial charge in [0.15, 0.2) is 0 Å². The second-order valence-electron chi connectivity index (χ2n) is 4.95. The fourth-order valence-electron chi connectivity index (χ4n) is 2.17. The van der Waals surface area contributed by atoms with Crippen molar-refractivity contribution in [2.24, 2.45) is 17.4 Å². The van der Waals surface area contributed by atoms with E-state index in [0.717, 1.165) is 32.2 Å². The fourth-order valence-corrected chi connectivity index (χ4v) is 2.17. The van der Waals surface area contributed by atoms with Crippen LogP contribution in [-0.4, -0.2) is 35.8 Å². The predicted octanol–water partition coefficient (Wildman–Crippen LogP) is 0.228. The second-order valence-corrected chi connectivity index (χ2v) is 4.95. The Labute approximate surface area is 103 Å². The molecule has 17 heavy (non-hydrogen) atoms. The van der Waals surface area contributed by atoms with Gasteiger partial charge in [-0.2, -0.15) is 0 Å². The van der Waals surface area contributed by atoms with E-state index in [1.54, 1.807) is 4.90 Å². The minimum Gasteiger partial charge on any atom is -0.369 e. The van der Waals surface area contributed by atoms with Crippen LogP contribution in [0.3, 0.4) is 0 Å². The molecule has 4 N–H and O–H groups in total. The molecule has 1 fully saturated rings. The van der Waals surface area contributed by atoms with Gasteiger partial charge in [0.1, 0.15) is 0 Å². The van der Waals surface area contributed by atoms with E-state index in [1.807, 2.05) is 6.92 Å². The highest BCUT2D eigenvalue weighted by Crippen LogP contribution is 2.17. The molecule has 0 bridgehead atoms. The number of nitrogens with zero attached hydrogens (tertiary/aromatic N) is 1. The lowest BCUT2D eigenvalue weighted by atomic mass is 9.97. The Morgan fingerprint density at radius 3 is 2.76 bits per heavy atom. The van der Waals surface area contributed by atoms with Crippen molar-refractivity contribution in [1.29, 1.82) is 0 Å². The Bertz CT molecular complexity index is 279. The van der Waals surface area contributed by atoms with Gasteiger partial charge < -0.3 is 16.4 Å². The molecule has 1 aliphatic rings. The van der Waals surface area contributed by atoms with Crippen LogP contribution in [0.2, 0.25) is 0 Å². The first kappa shape index (κ1) is 14.0. The van der Waals surface area contributed by atoms with Gasteiger partial charge in [-0.15, -0.1) is 0 Å². The number of carbonyl (C=O) groups excluding carboxylic acids is 2. The van der Waals surface area contributed by atoms with Crippen molar-refractivity contribution in [3.05, 3.63) is 0 Å². The van der Waals surface area contributed by atoms with Crippen LogP contribution in [0.1, 0.15) is 39.0 Å². The van der Waals surface area contributed by atoms with Gasteiger partial charge in [-0.05, 0) is 32.6 Å². The summed E-state index contributed by atoms with van der Waals surface area (Å²) in [5.41, 5.74) is 10.9. The third-order valence-electron chi connectivity index (χ3n) is 3.23. The minimum absolute atomic E-state index is 0.122. The third kappa shape index (κ3) is 4.73. The monoisotopic (exact) mass is 241 g/mol. The third-order valence-corrected chi connectivity index (χ3v) is 3.23. The summed E-state index contributed by atoms with van der Waals surface area (Å²) in [7, 11) is 0. The van der Waals surface area contributed by atoms with Crippen LogP contribution in [0.4, 0.5) is 0 Å². The highest BCUT2D eigenvalue weighted by atomic mass is 16.2. The number of rotatable bonds is 5. The standard InChI is InChI=1S/C12H23N3O2/c1-9(13)4-2-6-11(16)15-7-3-5-10(8-15)12(14)17/h9-10H,2-8,13H2,1H3,(H2,14,17). The van der Waals surface area contributed by atoms with Gasteiger partial charge in [0.2, 0.25) is 11.8 Å². The topological polar surface area (TPSA) is 89.4 Å². The van der Waals surface area contributed by atoms with E-state index in [0.29, 0.717) is 13.0 Å². The molecule has 1 rings (SSSR count). The van der Waals surface area contributed by atoms with E-state index in [9.17, 15) is 9.59 Å². The van der Waals surface area contributed by atoms with Crippen molar-refractivity contribution in [3.63, 3.8) is 0 Å². The second kappa shape index (κ2) is 6.59. The molecule has 2 amide bonds. The molecule has 5 nitrogen and oxygen atoms in total. The summed E-state index contributed by atoms with van der Waals surface area (Å²) in [5.74, 6) is -0.337. The Kier molecular flexibility index (Phi) is 5.41. The number of primary amides is 1. The molecule has 0 spiro atoms. The maximum absolute atomic E-state index is 11.9. The molecule has 1 aliphatic heterocycles. The minimum atomic E-state index is -0.293. The molecular formula is C12H23N3O2. The first-order chi connectivity index (χ1) is 8.00. The zero-order valence-corrected chi connectivity index (χ0v) is 10.5. The lowest BCUT2D eigenvalue weighted by Crippen LogP contribution is -2.44. The van der Waals surface area contributed by atoms with Crippen molar-refractivity contribution < 1.29 is 9.59 Å². The Hall–Kier alpha value is -1.10. The Morgan fingerprint density at radius 2 is 2.18 bits per heavy atom. The number of piperidine rings is 1. The molecule has 2 unspecified atom stereocenters. The van der Waals surface area contributed by atoms with Gasteiger partial charge in [-0.3, -0.25) is 9.59 Å². The number of carbonyl (C=O) groups is 2. The lowest BCUT2D eigenvalue weighted by Gasteiger charge is -2.31. The van der Waals surface area contributed by atoms with Gasteiger partial charge in [-0.1, -0.05) is 0 Å². The Balaban J connectivity index is 2.33. The molecule has 1 heterocycles. The summed E-state index contributed by atoms with van der Waals surface area (Å²) in [6.45, 7) is 3.18. The summed E-state index contributed by atoms with van der Waals surface area (Å²) < 4.78 is 0. The summed E-state index contributed by atoms with van der Waals surface area (Å²) in [4.78, 5) is 24.7. The molecule has 0 aromatic heterocycles. The van der Waals surface area contributed by atoms with Crippen molar-refractivity contribution in [3.8, 4) is 0 Å². The molecule has 0 aliphatic carbocycles. The van der Waals surface area contributed by atoms with E-state index >= 15 is 0 Å². The zero-order valence-electron chi connectivity index (χ0n) is 10.5. The highest BCUT2D eigenvalue weighted by molar-refractivity contribution is 5.80. The summed E-state index contributed by atoms with van der Waals surface area (Å²) in [6, 6.07) is 0.141. The smallest absolute Gasteiger partial charge is 0.222 e. The van der Waals surface area contributed by atoms with Gasteiger partial charge in [0.25, 0.3) is 0 Å². The first-order valence-electron chi connectivity index (χ1n) is 6.33. The molecule has 1 saturated heterocycles. The van der Waals surface area contributed by atoms with Crippen LogP contribution < -0.4 is 11.5 Å². The molecule has 0 radical (unpaired) electrons. The first-order valence-corrected chi connectivity index (χ1v) is 6.33. The number of hydrogen-bond donors (Lipinski definition) is 2. The predicted molar refractivity (Wildman–Crippen MR) is 66.0 cm³/mol. The highest BCUT2D eigenvalue weighted by Gasteiger charge is 2.26. The molecule has 98 valence electrons. The molecule has 5 heteroatoms. The van der Waals surface area contributed by atoms with E-state index in [-0.39, 0.29) is 23.8 Å². The van der Waals surface area contributed by atoms with Crippen LogP contribution in [-0.2, 0) is 9.59 Å². The summed E-state index contributed by atoms with van der Waals surface area (Å²) in [5, 5.41) is 0. The molecular weight excluding hydrogens is 218 g/mol. The van der Waals surface area contributed by atoms with Gasteiger partial charge in [0.05, 0.1) is 5.92 Å². The fraction of sp³-hybridized carbons (Fsp3) is 0.833. The number of amides is 2. The summed E-state index contributed by atoms with van der Waals surface area (Å²) in [6.07, 6.45) is 3.87. The van der Waals surface area contributed by atoms with Crippen LogP contribution in [0, 0.1) is 5.92 Å². The van der Waals surface area contributed by atoms with Crippen LogP contribution >= 0.6 is 0 Å². The van der Waals surface area contributed by atoms with Crippen LogP contribution in [0.15, 0.2) is 0 Å². The number of hydrogen-bond acceptors (Lipinski definition) is 3. The van der Waals surface area contributed by atoms with Crippen molar-refractivity contribution in [2.75, 3.05) is 13.1 Å². The number of nitrogens with two attached hydrogens (primary N) is 2. The molecule has 2 atom stereocenters. The van der Waals surface area contributed by atoms with Crippen molar-refractivity contribution in [2.45, 2.75) is 45.1 Å². The van der Waals surface area contributed by atoms with E-state index in [4.69, 9.17) is 11.5 Å². The molecule has 0 aromatic rings. The van der Waals surface area contributed by atoms with Gasteiger partial charge in [0, 0.05) is 25.6 Å². The van der Waals surface area contributed by atoms with Crippen molar-refractivity contribution in [1.82, 2.24) is 4.90 Å². The van der Waals surface area contributed by atoms with E-state index in [2.05, 4.69) is 0 Å². The maximum Gasteiger partial charge on any atom is 0.222 e. The van der Waals surface area contributed by atoms with E-state index < -0.39 is 0 Å². The van der Waals surface area contributed by atoms with Crippen molar-refractivity contribution >= 4 is 11.8 Å². The largest absolute Gasteiger partial charge is 0.369 e. The average molecular weight is 241 g/mol. The quantitative estimate of drug-likeness (QED) is 0.722. The Morgan fingerprint density at radius 1 is 1.47 bits per heavy atom. The zero-order chi connectivity index (χ0) is 12.8. The lowest BCUT2D eigenvalue weighted by molar-refractivity contribution is -0.135. The normalized spacial score (nSPS) is 22.2. The SMILES string of the molecule is CC(N)CCCC(=O)N1CCCC(C(N)=O)C1. The van der Waals surface area contributed by atoms with Gasteiger partial charge >= 0.3 is 0 Å². The maximum atomic E-state index is 11.9. The van der Waals surface area contributed by atoms with Gasteiger partial charge in [-0.25, -0.2) is 0 Å². The molecule has 0 saturated carbocycles. The van der Waals surface area contributed by atoms with Crippen LogP contribution in [0.25, 0.3) is 0 Å². The summed E-state index contributed by atoms with van der Waals surface area (Å²) >= 11 is 0. The average Bonchev–Trinajstić information content (AvgIpc) is 2.28. The van der Waals surface area contributed by atoms with E-state index in [1.165, 1.54) is 0 Å².